The SMILES string of the molecule is CCNC(=NCCCN1CCN(c2ncccn2)CC1)N(C)Cc1ccccc1OC.I. The number of aromatic nitrogens is 2. The van der Waals surface area contributed by atoms with Gasteiger partial charge in [-0.2, -0.15) is 0 Å². The molecule has 2 heterocycles. The number of ether oxygens (including phenoxy) is 1. The summed E-state index contributed by atoms with van der Waals surface area (Å²) in [6.45, 7) is 9.57. The minimum absolute atomic E-state index is 0. The minimum atomic E-state index is 0. The van der Waals surface area contributed by atoms with E-state index in [2.05, 4.69) is 50.0 Å². The van der Waals surface area contributed by atoms with E-state index in [1.165, 1.54) is 0 Å². The number of nitrogens with zero attached hydrogens (tertiary/aromatic N) is 6. The molecule has 1 saturated heterocycles. The van der Waals surface area contributed by atoms with E-state index >= 15 is 0 Å². The molecule has 8 nitrogen and oxygen atoms in total. The van der Waals surface area contributed by atoms with Crippen LogP contribution in [0.25, 0.3) is 0 Å². The van der Waals surface area contributed by atoms with Crippen molar-refractivity contribution in [3.8, 4) is 5.75 Å². The second-order valence-corrected chi connectivity index (χ2v) is 7.63. The molecule has 0 amide bonds. The Morgan fingerprint density at radius 2 is 1.84 bits per heavy atom. The van der Waals surface area contributed by atoms with Gasteiger partial charge in [0.15, 0.2) is 5.96 Å². The first-order valence-electron chi connectivity index (χ1n) is 11.1. The zero-order valence-electron chi connectivity index (χ0n) is 19.4. The summed E-state index contributed by atoms with van der Waals surface area (Å²) in [5.41, 5.74) is 1.15. The molecule has 0 atom stereocenters. The lowest BCUT2D eigenvalue weighted by molar-refractivity contribution is 0.255. The van der Waals surface area contributed by atoms with Gasteiger partial charge in [0.1, 0.15) is 5.75 Å². The van der Waals surface area contributed by atoms with E-state index < -0.39 is 0 Å². The highest BCUT2D eigenvalue weighted by molar-refractivity contribution is 14.0. The fourth-order valence-electron chi connectivity index (χ4n) is 3.74. The van der Waals surface area contributed by atoms with Crippen LogP contribution in [0.3, 0.4) is 0 Å². The van der Waals surface area contributed by atoms with Gasteiger partial charge >= 0.3 is 0 Å². The lowest BCUT2D eigenvalue weighted by Crippen LogP contribution is -2.47. The quantitative estimate of drug-likeness (QED) is 0.222. The van der Waals surface area contributed by atoms with Gasteiger partial charge < -0.3 is 19.9 Å². The van der Waals surface area contributed by atoms with Gasteiger partial charge in [-0.15, -0.1) is 24.0 Å². The largest absolute Gasteiger partial charge is 0.496 e. The zero-order chi connectivity index (χ0) is 21.9. The molecule has 0 radical (unpaired) electrons. The second-order valence-electron chi connectivity index (χ2n) is 7.63. The average Bonchev–Trinajstić information content (AvgIpc) is 2.82. The second kappa shape index (κ2) is 14.1. The molecule has 176 valence electrons. The van der Waals surface area contributed by atoms with Crippen molar-refractivity contribution in [1.82, 2.24) is 25.1 Å². The maximum absolute atomic E-state index is 5.48. The van der Waals surface area contributed by atoms with Gasteiger partial charge in [-0.3, -0.25) is 9.89 Å². The number of methoxy groups -OCH3 is 1. The van der Waals surface area contributed by atoms with Crippen molar-refractivity contribution in [2.45, 2.75) is 19.9 Å². The number of piperazine rings is 1. The maximum Gasteiger partial charge on any atom is 0.225 e. The molecule has 32 heavy (non-hydrogen) atoms. The van der Waals surface area contributed by atoms with Crippen LogP contribution < -0.4 is 15.0 Å². The van der Waals surface area contributed by atoms with Crippen LogP contribution in [0.4, 0.5) is 5.95 Å². The maximum atomic E-state index is 5.48. The van der Waals surface area contributed by atoms with E-state index in [9.17, 15) is 0 Å². The molecule has 0 saturated carbocycles. The molecular weight excluding hydrogens is 517 g/mol. The molecule has 3 rings (SSSR count). The average molecular weight is 553 g/mol. The summed E-state index contributed by atoms with van der Waals surface area (Å²) in [6, 6.07) is 9.99. The van der Waals surface area contributed by atoms with Crippen molar-refractivity contribution in [3.05, 3.63) is 48.3 Å². The van der Waals surface area contributed by atoms with Gasteiger partial charge in [-0.1, -0.05) is 18.2 Å². The summed E-state index contributed by atoms with van der Waals surface area (Å²) in [5.74, 6) is 2.67. The number of guanidine groups is 1. The summed E-state index contributed by atoms with van der Waals surface area (Å²) in [5, 5.41) is 3.40. The Balaban J connectivity index is 0.00000363. The van der Waals surface area contributed by atoms with E-state index in [-0.39, 0.29) is 24.0 Å². The molecule has 2 aromatic rings. The topological polar surface area (TPSA) is 69.1 Å². The van der Waals surface area contributed by atoms with Gasteiger partial charge in [0.05, 0.1) is 7.11 Å². The molecule has 0 aliphatic carbocycles. The van der Waals surface area contributed by atoms with Crippen molar-refractivity contribution in [2.24, 2.45) is 4.99 Å². The summed E-state index contributed by atoms with van der Waals surface area (Å²) in [4.78, 5) is 20.5. The van der Waals surface area contributed by atoms with E-state index in [0.717, 1.165) is 82.0 Å². The van der Waals surface area contributed by atoms with E-state index in [1.807, 2.05) is 24.3 Å². The van der Waals surface area contributed by atoms with Crippen molar-refractivity contribution in [1.29, 1.82) is 0 Å². The summed E-state index contributed by atoms with van der Waals surface area (Å²) in [7, 11) is 3.78. The lowest BCUT2D eigenvalue weighted by Gasteiger charge is -2.34. The number of hydrogen-bond acceptors (Lipinski definition) is 6. The third-order valence-corrected chi connectivity index (χ3v) is 5.40. The van der Waals surface area contributed by atoms with Crippen LogP contribution in [0.15, 0.2) is 47.7 Å². The monoisotopic (exact) mass is 553 g/mol. The molecule has 1 aliphatic heterocycles. The first-order valence-corrected chi connectivity index (χ1v) is 11.1. The van der Waals surface area contributed by atoms with Crippen LogP contribution in [0, 0.1) is 0 Å². The molecule has 1 N–H and O–H groups in total. The predicted molar refractivity (Wildman–Crippen MR) is 141 cm³/mol. The highest BCUT2D eigenvalue weighted by atomic mass is 127. The number of para-hydroxylation sites is 1. The number of benzene rings is 1. The van der Waals surface area contributed by atoms with E-state index in [0.29, 0.717) is 0 Å². The Labute approximate surface area is 209 Å². The van der Waals surface area contributed by atoms with Crippen LogP contribution in [0.2, 0.25) is 0 Å². The molecule has 0 bridgehead atoms. The molecule has 1 aromatic carbocycles. The summed E-state index contributed by atoms with van der Waals surface area (Å²) < 4.78 is 5.48. The Morgan fingerprint density at radius 3 is 2.53 bits per heavy atom. The number of rotatable bonds is 9. The normalized spacial score (nSPS) is 14.6. The highest BCUT2D eigenvalue weighted by Gasteiger charge is 2.18. The minimum Gasteiger partial charge on any atom is -0.496 e. The summed E-state index contributed by atoms with van der Waals surface area (Å²) >= 11 is 0. The first kappa shape index (κ1) is 26.1. The van der Waals surface area contributed by atoms with Crippen LogP contribution >= 0.6 is 24.0 Å². The number of hydrogen-bond donors (Lipinski definition) is 1. The summed E-state index contributed by atoms with van der Waals surface area (Å²) in [6.07, 6.45) is 4.65. The number of aliphatic imine (C=N–C) groups is 1. The molecular formula is C23H36IN7O. The Bertz CT molecular complexity index is 813. The Morgan fingerprint density at radius 1 is 1.12 bits per heavy atom. The highest BCUT2D eigenvalue weighted by Crippen LogP contribution is 2.18. The molecule has 1 fully saturated rings. The molecule has 1 aliphatic rings. The van der Waals surface area contributed by atoms with Crippen molar-refractivity contribution in [2.75, 3.05) is 64.9 Å². The van der Waals surface area contributed by atoms with Gasteiger partial charge in [0.2, 0.25) is 5.95 Å². The zero-order valence-corrected chi connectivity index (χ0v) is 21.7. The van der Waals surface area contributed by atoms with Crippen LogP contribution in [0.5, 0.6) is 5.75 Å². The molecule has 9 heteroatoms. The van der Waals surface area contributed by atoms with Crippen LogP contribution in [-0.4, -0.2) is 85.7 Å². The number of halogens is 1. The Kier molecular flexibility index (Phi) is 11.5. The fourth-order valence-corrected chi connectivity index (χ4v) is 3.74. The van der Waals surface area contributed by atoms with Gasteiger partial charge in [-0.05, 0) is 25.5 Å². The van der Waals surface area contributed by atoms with Gasteiger partial charge in [0.25, 0.3) is 0 Å². The van der Waals surface area contributed by atoms with E-state index in [1.54, 1.807) is 19.5 Å². The third-order valence-electron chi connectivity index (χ3n) is 5.40. The van der Waals surface area contributed by atoms with E-state index in [4.69, 9.17) is 9.73 Å². The van der Waals surface area contributed by atoms with Crippen LogP contribution in [0.1, 0.15) is 18.9 Å². The smallest absolute Gasteiger partial charge is 0.225 e. The van der Waals surface area contributed by atoms with Gasteiger partial charge in [0, 0.05) is 77.4 Å². The van der Waals surface area contributed by atoms with Crippen molar-refractivity contribution >= 4 is 35.9 Å². The predicted octanol–water partition coefficient (Wildman–Crippen LogP) is 2.71. The molecule has 1 aromatic heterocycles. The number of anilines is 1. The van der Waals surface area contributed by atoms with Gasteiger partial charge in [-0.25, -0.2) is 9.97 Å². The Hall–Kier alpha value is -2.14. The lowest BCUT2D eigenvalue weighted by atomic mass is 10.2. The molecule has 0 spiro atoms. The van der Waals surface area contributed by atoms with Crippen LogP contribution in [-0.2, 0) is 6.54 Å². The standard InChI is InChI=1S/C23H35N7O.HI/c1-4-24-22(28(2)19-20-9-5-6-10-21(20)31-3)25-13-8-14-29-15-17-30(18-16-29)23-26-11-7-12-27-23;/h5-7,9-12H,4,8,13-19H2,1-3H3,(H,24,25);1H. The van der Waals surface area contributed by atoms with Crippen molar-refractivity contribution < 1.29 is 4.74 Å². The first-order chi connectivity index (χ1) is 15.2. The number of nitrogens with one attached hydrogen (secondary N) is 1. The fraction of sp³-hybridized carbons (Fsp3) is 0.522. The van der Waals surface area contributed by atoms with Crippen molar-refractivity contribution in [3.63, 3.8) is 0 Å². The third kappa shape index (κ3) is 7.77. The molecule has 0 unspecified atom stereocenters.